The lowest BCUT2D eigenvalue weighted by Gasteiger charge is -2.26. The number of nitrogens with one attached hydrogen (secondary N) is 1. The summed E-state index contributed by atoms with van der Waals surface area (Å²) in [6.45, 7) is 2.12. The summed E-state index contributed by atoms with van der Waals surface area (Å²) in [5.74, 6) is 0.351. The third-order valence-electron chi connectivity index (χ3n) is 6.04. The number of aliphatic hydroxyl groups is 1. The Bertz CT molecular complexity index is 805. The predicted molar refractivity (Wildman–Crippen MR) is 106 cm³/mol. The lowest BCUT2D eigenvalue weighted by atomic mass is 9.83. The number of aliphatic hydroxyl groups excluding tert-OH is 1. The summed E-state index contributed by atoms with van der Waals surface area (Å²) in [7, 11) is 0. The number of hydrogen-bond donors (Lipinski definition) is 3. The first-order valence-electron chi connectivity index (χ1n) is 9.90. The molecular weight excluding hydrogens is 338 g/mol. The van der Waals surface area contributed by atoms with E-state index in [1.54, 1.807) is 0 Å². The van der Waals surface area contributed by atoms with E-state index in [0.29, 0.717) is 11.5 Å². The zero-order chi connectivity index (χ0) is 18.8. The Morgan fingerprint density at radius 2 is 1.78 bits per heavy atom. The second-order valence-corrected chi connectivity index (χ2v) is 7.84. The minimum atomic E-state index is -0.431. The van der Waals surface area contributed by atoms with Crippen molar-refractivity contribution in [1.29, 1.82) is 0 Å². The van der Waals surface area contributed by atoms with Crippen LogP contribution >= 0.6 is 0 Å². The van der Waals surface area contributed by atoms with Crippen LogP contribution in [0.1, 0.15) is 65.6 Å². The van der Waals surface area contributed by atoms with Crippen LogP contribution in [0.3, 0.4) is 0 Å². The molecule has 27 heavy (non-hydrogen) atoms. The summed E-state index contributed by atoms with van der Waals surface area (Å²) < 4.78 is 0. The lowest BCUT2D eigenvalue weighted by Crippen LogP contribution is -2.22. The highest BCUT2D eigenvalue weighted by Crippen LogP contribution is 2.35. The average molecular weight is 365 g/mol. The van der Waals surface area contributed by atoms with E-state index in [4.69, 9.17) is 5.73 Å². The molecule has 5 nitrogen and oxygen atoms in total. The number of carbonyl (C=O) groups excluding carboxylic acids is 1. The molecule has 4 rings (SSSR count). The van der Waals surface area contributed by atoms with Gasteiger partial charge in [-0.15, -0.1) is 0 Å². The van der Waals surface area contributed by atoms with Crippen molar-refractivity contribution in [2.45, 2.75) is 50.0 Å². The van der Waals surface area contributed by atoms with Gasteiger partial charge >= 0.3 is 0 Å². The fourth-order valence-electron chi connectivity index (χ4n) is 4.39. The predicted octanol–water partition coefficient (Wildman–Crippen LogP) is 2.94. The van der Waals surface area contributed by atoms with Crippen LogP contribution in [-0.4, -0.2) is 35.2 Å². The number of amides is 1. The third kappa shape index (κ3) is 3.89. The molecule has 0 spiro atoms. The molecule has 1 saturated carbocycles. The molecule has 1 aromatic carbocycles. The van der Waals surface area contributed by atoms with E-state index in [0.717, 1.165) is 55.6 Å². The molecule has 2 fully saturated rings. The molecule has 1 saturated heterocycles. The van der Waals surface area contributed by atoms with E-state index >= 15 is 0 Å². The standard InChI is InChI=1S/C22H27N3O2/c23-22(27)20-11-18(13-25-21(20)16-5-7-19(26)8-6-16)15-3-1-14(2-4-15)17-9-10-24-12-17/h1-4,11,13,16-17,19,24,26H,5-10,12H2,(H2,23,27). The van der Waals surface area contributed by atoms with Crippen LogP contribution in [-0.2, 0) is 0 Å². The maximum atomic E-state index is 12.1. The van der Waals surface area contributed by atoms with Gasteiger partial charge < -0.3 is 16.2 Å². The molecule has 1 amide bonds. The van der Waals surface area contributed by atoms with E-state index < -0.39 is 5.91 Å². The van der Waals surface area contributed by atoms with Crippen LogP contribution in [0.2, 0.25) is 0 Å². The van der Waals surface area contributed by atoms with Gasteiger partial charge in [-0.3, -0.25) is 9.78 Å². The monoisotopic (exact) mass is 365 g/mol. The van der Waals surface area contributed by atoms with Gasteiger partial charge in [0.25, 0.3) is 5.91 Å². The SMILES string of the molecule is NC(=O)c1cc(-c2ccc(C3CCNC3)cc2)cnc1C1CCC(O)CC1. The van der Waals surface area contributed by atoms with E-state index in [-0.39, 0.29) is 12.0 Å². The van der Waals surface area contributed by atoms with Gasteiger partial charge in [-0.25, -0.2) is 0 Å². The lowest BCUT2D eigenvalue weighted by molar-refractivity contribution is 0.0996. The topological polar surface area (TPSA) is 88.2 Å². The summed E-state index contributed by atoms with van der Waals surface area (Å²) >= 11 is 0. The van der Waals surface area contributed by atoms with Crippen LogP contribution < -0.4 is 11.1 Å². The van der Waals surface area contributed by atoms with E-state index in [1.165, 1.54) is 12.0 Å². The molecular formula is C22H27N3O2. The number of rotatable bonds is 4. The highest BCUT2D eigenvalue weighted by molar-refractivity contribution is 5.95. The number of primary amides is 1. The summed E-state index contributed by atoms with van der Waals surface area (Å²) in [5, 5.41) is 13.1. The van der Waals surface area contributed by atoms with Gasteiger partial charge in [0, 0.05) is 24.2 Å². The molecule has 1 atom stereocenters. The molecule has 2 aromatic rings. The number of nitrogens with two attached hydrogens (primary N) is 1. The van der Waals surface area contributed by atoms with Crippen molar-refractivity contribution < 1.29 is 9.90 Å². The third-order valence-corrected chi connectivity index (χ3v) is 6.04. The van der Waals surface area contributed by atoms with Gasteiger partial charge in [0.15, 0.2) is 0 Å². The zero-order valence-electron chi connectivity index (χ0n) is 15.5. The van der Waals surface area contributed by atoms with Crippen molar-refractivity contribution in [2.24, 2.45) is 5.73 Å². The molecule has 1 aliphatic heterocycles. The Balaban J connectivity index is 1.60. The van der Waals surface area contributed by atoms with Crippen molar-refractivity contribution in [3.05, 3.63) is 53.3 Å². The first kappa shape index (κ1) is 18.1. The van der Waals surface area contributed by atoms with Crippen molar-refractivity contribution in [2.75, 3.05) is 13.1 Å². The normalized spacial score (nSPS) is 25.4. The van der Waals surface area contributed by atoms with E-state index in [9.17, 15) is 9.90 Å². The maximum Gasteiger partial charge on any atom is 0.250 e. The van der Waals surface area contributed by atoms with Crippen molar-refractivity contribution in [1.82, 2.24) is 10.3 Å². The van der Waals surface area contributed by atoms with Crippen molar-refractivity contribution in [3.8, 4) is 11.1 Å². The summed E-state index contributed by atoms with van der Waals surface area (Å²) in [6, 6.07) is 10.4. The van der Waals surface area contributed by atoms with E-state index in [2.05, 4.69) is 34.6 Å². The van der Waals surface area contributed by atoms with Gasteiger partial charge in [0.1, 0.15) is 0 Å². The first-order chi connectivity index (χ1) is 13.1. The average Bonchev–Trinajstić information content (AvgIpc) is 3.23. The van der Waals surface area contributed by atoms with Gasteiger partial charge in [-0.05, 0) is 61.8 Å². The minimum Gasteiger partial charge on any atom is -0.393 e. The van der Waals surface area contributed by atoms with Gasteiger partial charge in [0.2, 0.25) is 0 Å². The fourth-order valence-corrected chi connectivity index (χ4v) is 4.39. The molecule has 142 valence electrons. The number of carbonyl (C=O) groups is 1. The van der Waals surface area contributed by atoms with Gasteiger partial charge in [-0.2, -0.15) is 0 Å². The smallest absolute Gasteiger partial charge is 0.250 e. The Labute approximate surface area is 160 Å². The second kappa shape index (κ2) is 7.79. The summed E-state index contributed by atoms with van der Waals surface area (Å²) in [6.07, 6.45) is 5.99. The molecule has 1 aromatic heterocycles. The highest BCUT2D eigenvalue weighted by atomic mass is 16.3. The summed E-state index contributed by atoms with van der Waals surface area (Å²) in [5.41, 5.74) is 10.3. The molecule has 2 heterocycles. The molecule has 1 aliphatic carbocycles. The Morgan fingerprint density at radius 1 is 1.04 bits per heavy atom. The number of hydrogen-bond acceptors (Lipinski definition) is 4. The van der Waals surface area contributed by atoms with Crippen LogP contribution in [0.25, 0.3) is 11.1 Å². The van der Waals surface area contributed by atoms with Crippen molar-refractivity contribution >= 4 is 5.91 Å². The van der Waals surface area contributed by atoms with Crippen LogP contribution in [0.4, 0.5) is 0 Å². The number of pyridine rings is 1. The summed E-state index contributed by atoms with van der Waals surface area (Å²) in [4.78, 5) is 16.7. The molecule has 0 bridgehead atoms. The molecule has 5 heteroatoms. The second-order valence-electron chi connectivity index (χ2n) is 7.84. The van der Waals surface area contributed by atoms with Crippen LogP contribution in [0.15, 0.2) is 36.5 Å². The first-order valence-corrected chi connectivity index (χ1v) is 9.90. The molecule has 1 unspecified atom stereocenters. The number of aromatic nitrogens is 1. The number of benzene rings is 1. The zero-order valence-corrected chi connectivity index (χ0v) is 15.5. The van der Waals surface area contributed by atoms with Crippen LogP contribution in [0.5, 0.6) is 0 Å². The molecule has 4 N–H and O–H groups in total. The largest absolute Gasteiger partial charge is 0.393 e. The van der Waals surface area contributed by atoms with Gasteiger partial charge in [-0.1, -0.05) is 24.3 Å². The Hall–Kier alpha value is -2.24. The minimum absolute atomic E-state index is 0.196. The molecule has 0 radical (unpaired) electrons. The van der Waals surface area contributed by atoms with Crippen molar-refractivity contribution in [3.63, 3.8) is 0 Å². The fraction of sp³-hybridized carbons (Fsp3) is 0.455. The van der Waals surface area contributed by atoms with E-state index in [1.807, 2.05) is 12.3 Å². The molecule has 2 aliphatic rings. The van der Waals surface area contributed by atoms with Crippen LogP contribution in [0, 0.1) is 0 Å². The maximum absolute atomic E-state index is 12.1. The number of nitrogens with zero attached hydrogens (tertiary/aromatic N) is 1. The van der Waals surface area contributed by atoms with Gasteiger partial charge in [0.05, 0.1) is 17.4 Å². The highest BCUT2D eigenvalue weighted by Gasteiger charge is 2.25. The Morgan fingerprint density at radius 3 is 2.41 bits per heavy atom. The Kier molecular flexibility index (Phi) is 5.23. The quantitative estimate of drug-likeness (QED) is 0.777.